The molecule has 2 rings (SSSR count). The Labute approximate surface area is 117 Å². The molecule has 0 heterocycles. The highest BCUT2D eigenvalue weighted by Gasteiger charge is 2.16. The maximum absolute atomic E-state index is 14.0. The van der Waals surface area contributed by atoms with Crippen LogP contribution in [0.4, 0.5) is 4.39 Å². The zero-order chi connectivity index (χ0) is 14.5. The lowest BCUT2D eigenvalue weighted by atomic mass is 9.98. The number of rotatable bonds is 4. The molecule has 104 valence electrons. The summed E-state index contributed by atoms with van der Waals surface area (Å²) in [6.07, 6.45) is 1.46. The number of benzene rings is 2. The Kier molecular flexibility index (Phi) is 4.35. The molecule has 0 spiro atoms. The van der Waals surface area contributed by atoms with Crippen molar-refractivity contribution in [1.29, 1.82) is 0 Å². The average molecular weight is 273 g/mol. The number of oxime groups is 1. The summed E-state index contributed by atoms with van der Waals surface area (Å²) < 4.78 is 14.0. The summed E-state index contributed by atoms with van der Waals surface area (Å²) in [7, 11) is 0. The fourth-order valence-corrected chi connectivity index (χ4v) is 2.12. The Balaban J connectivity index is 2.53. The van der Waals surface area contributed by atoms with Crippen LogP contribution >= 0.6 is 0 Å². The van der Waals surface area contributed by atoms with Crippen molar-refractivity contribution in [3.63, 3.8) is 0 Å². The van der Waals surface area contributed by atoms with Crippen LogP contribution in [0.2, 0.25) is 0 Å². The minimum Gasteiger partial charge on any atom is -0.508 e. The van der Waals surface area contributed by atoms with Gasteiger partial charge in [-0.15, -0.1) is 0 Å². The first-order valence-electron chi connectivity index (χ1n) is 6.46. The van der Waals surface area contributed by atoms with E-state index in [1.165, 1.54) is 6.07 Å². The smallest absolute Gasteiger partial charge is 0.136 e. The summed E-state index contributed by atoms with van der Waals surface area (Å²) >= 11 is 0. The van der Waals surface area contributed by atoms with Crippen molar-refractivity contribution in [3.05, 3.63) is 65.0 Å². The third-order valence-corrected chi connectivity index (χ3v) is 3.09. The highest BCUT2D eigenvalue weighted by molar-refractivity contribution is 6.12. The predicted octanol–water partition coefficient (Wildman–Crippen LogP) is 3.71. The molecular formula is C16H16FNO2. The lowest BCUT2D eigenvalue weighted by molar-refractivity contribution is 0.319. The average Bonchev–Trinajstić information content (AvgIpc) is 2.45. The van der Waals surface area contributed by atoms with Crippen LogP contribution in [-0.4, -0.2) is 16.0 Å². The van der Waals surface area contributed by atoms with E-state index in [0.717, 1.165) is 12.5 Å². The van der Waals surface area contributed by atoms with E-state index in [1.807, 2.05) is 13.0 Å². The van der Waals surface area contributed by atoms with Gasteiger partial charge < -0.3 is 10.3 Å². The van der Waals surface area contributed by atoms with Gasteiger partial charge in [0.1, 0.15) is 17.3 Å². The molecule has 0 amide bonds. The second-order valence-corrected chi connectivity index (χ2v) is 4.53. The van der Waals surface area contributed by atoms with Crippen molar-refractivity contribution in [2.24, 2.45) is 5.16 Å². The molecule has 0 bridgehead atoms. The van der Waals surface area contributed by atoms with Crippen LogP contribution in [0.1, 0.15) is 30.0 Å². The van der Waals surface area contributed by atoms with E-state index in [4.69, 9.17) is 0 Å². The molecule has 0 aliphatic rings. The van der Waals surface area contributed by atoms with Crippen molar-refractivity contribution in [1.82, 2.24) is 0 Å². The van der Waals surface area contributed by atoms with Gasteiger partial charge in [0.2, 0.25) is 0 Å². The maximum Gasteiger partial charge on any atom is 0.136 e. The summed E-state index contributed by atoms with van der Waals surface area (Å²) in [5.41, 5.74) is 1.59. The number of hydrogen-bond acceptors (Lipinski definition) is 3. The molecule has 0 aliphatic carbocycles. The molecule has 2 aromatic carbocycles. The predicted molar refractivity (Wildman–Crippen MR) is 75.9 cm³/mol. The van der Waals surface area contributed by atoms with E-state index < -0.39 is 5.82 Å². The van der Waals surface area contributed by atoms with E-state index in [9.17, 15) is 14.7 Å². The van der Waals surface area contributed by atoms with Gasteiger partial charge in [0.25, 0.3) is 0 Å². The summed E-state index contributed by atoms with van der Waals surface area (Å²) in [5, 5.41) is 22.2. The minimum atomic E-state index is -0.612. The molecule has 0 aliphatic heterocycles. The number of aryl methyl sites for hydroxylation is 1. The number of hydrogen-bond donors (Lipinski definition) is 2. The van der Waals surface area contributed by atoms with Crippen molar-refractivity contribution >= 4 is 5.71 Å². The zero-order valence-electron chi connectivity index (χ0n) is 11.2. The van der Waals surface area contributed by atoms with E-state index in [1.54, 1.807) is 24.3 Å². The molecule has 2 N–H and O–H groups in total. The first-order chi connectivity index (χ1) is 9.67. The van der Waals surface area contributed by atoms with Crippen LogP contribution in [0, 0.1) is 5.82 Å². The van der Waals surface area contributed by atoms with Gasteiger partial charge in [0.05, 0.1) is 0 Å². The molecular weight excluding hydrogens is 257 g/mol. The molecule has 0 atom stereocenters. The quantitative estimate of drug-likeness (QED) is 0.507. The summed E-state index contributed by atoms with van der Waals surface area (Å²) in [5.74, 6) is -0.683. The molecule has 3 nitrogen and oxygen atoms in total. The monoisotopic (exact) mass is 273 g/mol. The van der Waals surface area contributed by atoms with Gasteiger partial charge in [-0.1, -0.05) is 48.8 Å². The lowest BCUT2D eigenvalue weighted by Crippen LogP contribution is -2.07. The Morgan fingerprint density at radius 3 is 2.50 bits per heavy atom. The van der Waals surface area contributed by atoms with Gasteiger partial charge in [0, 0.05) is 17.2 Å². The van der Waals surface area contributed by atoms with Crippen molar-refractivity contribution in [2.75, 3.05) is 0 Å². The molecule has 0 radical (unpaired) electrons. The maximum atomic E-state index is 14.0. The third kappa shape index (κ3) is 2.79. The highest BCUT2D eigenvalue weighted by Crippen LogP contribution is 2.25. The van der Waals surface area contributed by atoms with Crippen LogP contribution in [0.3, 0.4) is 0 Å². The van der Waals surface area contributed by atoms with E-state index in [0.29, 0.717) is 17.5 Å². The number of halogens is 1. The minimum absolute atomic E-state index is 0.0709. The molecule has 2 aromatic rings. The van der Waals surface area contributed by atoms with Crippen LogP contribution in [-0.2, 0) is 6.42 Å². The van der Waals surface area contributed by atoms with E-state index >= 15 is 0 Å². The zero-order valence-corrected chi connectivity index (χ0v) is 11.2. The van der Waals surface area contributed by atoms with Gasteiger partial charge in [-0.3, -0.25) is 0 Å². The van der Waals surface area contributed by atoms with Gasteiger partial charge in [-0.25, -0.2) is 4.39 Å². The van der Waals surface area contributed by atoms with Gasteiger partial charge in [-0.05, 0) is 18.1 Å². The molecule has 0 saturated heterocycles. The third-order valence-electron chi connectivity index (χ3n) is 3.09. The number of nitrogens with zero attached hydrogens (tertiary/aromatic N) is 1. The molecule has 0 aromatic heterocycles. The van der Waals surface area contributed by atoms with Crippen molar-refractivity contribution in [2.45, 2.75) is 19.8 Å². The second-order valence-electron chi connectivity index (χ2n) is 4.53. The fourth-order valence-electron chi connectivity index (χ4n) is 2.12. The molecule has 0 saturated carbocycles. The molecule has 4 heteroatoms. The van der Waals surface area contributed by atoms with Crippen LogP contribution in [0.15, 0.2) is 47.6 Å². The van der Waals surface area contributed by atoms with Gasteiger partial charge in [-0.2, -0.15) is 0 Å². The first-order valence-corrected chi connectivity index (χ1v) is 6.46. The standard InChI is InChI=1S/C16H16FNO2/c1-2-6-12-9-13(14(17)10-15(12)19)16(18-20)11-7-4-3-5-8-11/h3-5,7-10,19-20H,2,6H2,1H3. The largest absolute Gasteiger partial charge is 0.508 e. The number of phenolic OH excluding ortho intramolecular Hbond substituents is 1. The summed E-state index contributed by atoms with van der Waals surface area (Å²) in [4.78, 5) is 0. The molecule has 0 fully saturated rings. The summed E-state index contributed by atoms with van der Waals surface area (Å²) in [6, 6.07) is 11.5. The lowest BCUT2D eigenvalue weighted by Gasteiger charge is -2.10. The van der Waals surface area contributed by atoms with Crippen molar-refractivity contribution in [3.8, 4) is 5.75 Å². The first kappa shape index (κ1) is 14.1. The molecule has 20 heavy (non-hydrogen) atoms. The van der Waals surface area contributed by atoms with Gasteiger partial charge in [0.15, 0.2) is 0 Å². The van der Waals surface area contributed by atoms with Crippen LogP contribution in [0.5, 0.6) is 5.75 Å². The number of phenols is 1. The van der Waals surface area contributed by atoms with Crippen LogP contribution in [0.25, 0.3) is 0 Å². The topological polar surface area (TPSA) is 52.8 Å². The molecule has 0 unspecified atom stereocenters. The normalized spacial score (nSPS) is 11.6. The highest BCUT2D eigenvalue weighted by atomic mass is 19.1. The van der Waals surface area contributed by atoms with E-state index in [-0.39, 0.29) is 17.0 Å². The number of aromatic hydroxyl groups is 1. The van der Waals surface area contributed by atoms with Gasteiger partial charge >= 0.3 is 0 Å². The Hall–Kier alpha value is -2.36. The van der Waals surface area contributed by atoms with Crippen molar-refractivity contribution < 1.29 is 14.7 Å². The fraction of sp³-hybridized carbons (Fsp3) is 0.188. The Morgan fingerprint density at radius 1 is 1.20 bits per heavy atom. The van der Waals surface area contributed by atoms with E-state index in [2.05, 4.69) is 5.16 Å². The SMILES string of the molecule is CCCc1cc(C(=NO)c2ccccc2)c(F)cc1O. The Bertz CT molecular complexity index is 624. The summed E-state index contributed by atoms with van der Waals surface area (Å²) in [6.45, 7) is 1.97. The second kappa shape index (κ2) is 6.19. The Morgan fingerprint density at radius 2 is 1.90 bits per heavy atom. The van der Waals surface area contributed by atoms with Crippen LogP contribution < -0.4 is 0 Å².